The number of aromatic carboxylic acids is 1. The minimum absolute atomic E-state index is 0.0434. The molecule has 1 N–H and O–H groups in total. The van der Waals surface area contributed by atoms with Gasteiger partial charge in [-0.1, -0.05) is 35.9 Å². The van der Waals surface area contributed by atoms with Crippen molar-refractivity contribution in [1.82, 2.24) is 0 Å². The maximum atomic E-state index is 14.1. The molecule has 2 atom stereocenters. The number of amides is 1. The molecule has 3 aromatic carbocycles. The molecular formula is C24H17ClFNO3. The van der Waals surface area contributed by atoms with Crippen LogP contribution in [-0.2, 0) is 16.8 Å². The van der Waals surface area contributed by atoms with Crippen LogP contribution in [0.25, 0.3) is 0 Å². The smallest absolute Gasteiger partial charge is 0.335 e. The fraction of sp³-hybridized carbons (Fsp3) is 0.167. The van der Waals surface area contributed by atoms with Gasteiger partial charge >= 0.3 is 5.97 Å². The van der Waals surface area contributed by atoms with E-state index in [2.05, 4.69) is 0 Å². The summed E-state index contributed by atoms with van der Waals surface area (Å²) in [5, 5.41) is 9.87. The van der Waals surface area contributed by atoms with Gasteiger partial charge < -0.3 is 10.0 Å². The van der Waals surface area contributed by atoms with E-state index in [0.29, 0.717) is 28.3 Å². The molecule has 3 aromatic rings. The third-order valence-electron chi connectivity index (χ3n) is 6.10. The molecule has 1 amide bonds. The van der Waals surface area contributed by atoms with E-state index >= 15 is 0 Å². The zero-order valence-corrected chi connectivity index (χ0v) is 16.6. The third kappa shape index (κ3) is 2.81. The third-order valence-corrected chi connectivity index (χ3v) is 6.36. The Bertz CT molecular complexity index is 1190. The Kier molecular flexibility index (Phi) is 4.19. The van der Waals surface area contributed by atoms with Crippen LogP contribution in [0.5, 0.6) is 0 Å². The van der Waals surface area contributed by atoms with E-state index in [1.54, 1.807) is 41.3 Å². The van der Waals surface area contributed by atoms with E-state index in [1.165, 1.54) is 18.2 Å². The van der Waals surface area contributed by atoms with Gasteiger partial charge in [-0.15, -0.1) is 0 Å². The number of hydrogen-bond acceptors (Lipinski definition) is 2. The second-order valence-electron chi connectivity index (χ2n) is 7.84. The monoisotopic (exact) mass is 421 g/mol. The molecule has 0 bridgehead atoms. The summed E-state index contributed by atoms with van der Waals surface area (Å²) in [6, 6.07) is 18.4. The van der Waals surface area contributed by atoms with Crippen LogP contribution in [0.2, 0.25) is 5.02 Å². The first-order valence-corrected chi connectivity index (χ1v) is 9.97. The van der Waals surface area contributed by atoms with Crippen molar-refractivity contribution >= 4 is 29.2 Å². The standard InChI is InChI=1S/C24H17ClFNO3/c25-17-6-4-15(5-7-17)20-12-24(20)19-11-18(26)8-9-21(19)27(23(24)30)13-14-2-1-3-16(10-14)22(28)29/h1-11,20H,12-13H2,(H,28,29). The Morgan fingerprint density at radius 3 is 2.63 bits per heavy atom. The number of carbonyl (C=O) groups is 2. The quantitative estimate of drug-likeness (QED) is 0.633. The lowest BCUT2D eigenvalue weighted by molar-refractivity contribution is -0.120. The van der Waals surface area contributed by atoms with Gasteiger partial charge in [-0.3, -0.25) is 4.79 Å². The first-order chi connectivity index (χ1) is 14.4. The normalized spacial score (nSPS) is 21.7. The number of halogens is 2. The van der Waals surface area contributed by atoms with Crippen molar-refractivity contribution in [3.8, 4) is 0 Å². The molecular weight excluding hydrogens is 405 g/mol. The Hall–Kier alpha value is -3.18. The summed E-state index contributed by atoms with van der Waals surface area (Å²) < 4.78 is 14.1. The molecule has 30 heavy (non-hydrogen) atoms. The van der Waals surface area contributed by atoms with Crippen molar-refractivity contribution in [1.29, 1.82) is 0 Å². The molecule has 1 spiro atoms. The molecule has 1 saturated carbocycles. The van der Waals surface area contributed by atoms with Gasteiger partial charge in [-0.25, -0.2) is 9.18 Å². The predicted octanol–water partition coefficient (Wildman–Crippen LogP) is 5.15. The SMILES string of the molecule is O=C(O)c1cccc(CN2C(=O)C3(CC3c3ccc(Cl)cc3)c3cc(F)ccc32)c1. The van der Waals surface area contributed by atoms with Gasteiger partial charge in [0.2, 0.25) is 5.91 Å². The minimum atomic E-state index is -1.02. The Morgan fingerprint density at radius 1 is 1.13 bits per heavy atom. The van der Waals surface area contributed by atoms with Crippen LogP contribution in [0, 0.1) is 5.82 Å². The van der Waals surface area contributed by atoms with E-state index < -0.39 is 11.4 Å². The van der Waals surface area contributed by atoms with E-state index in [9.17, 15) is 19.1 Å². The number of rotatable bonds is 4. The van der Waals surface area contributed by atoms with Gasteiger partial charge in [0, 0.05) is 16.6 Å². The molecule has 0 aromatic heterocycles. The number of carbonyl (C=O) groups excluding carboxylic acids is 1. The number of fused-ring (bicyclic) bond motifs is 2. The largest absolute Gasteiger partial charge is 0.478 e. The van der Waals surface area contributed by atoms with Crippen LogP contribution in [0.4, 0.5) is 10.1 Å². The van der Waals surface area contributed by atoms with Crippen molar-refractivity contribution in [2.75, 3.05) is 4.90 Å². The molecule has 2 aliphatic rings. The molecule has 5 rings (SSSR count). The molecule has 1 aliphatic carbocycles. The summed E-state index contributed by atoms with van der Waals surface area (Å²) in [5.74, 6) is -1.52. The predicted molar refractivity (Wildman–Crippen MR) is 111 cm³/mol. The maximum Gasteiger partial charge on any atom is 0.335 e. The second kappa shape index (κ2) is 6.67. The molecule has 0 radical (unpaired) electrons. The number of anilines is 1. The van der Waals surface area contributed by atoms with E-state index in [4.69, 9.17) is 11.6 Å². The zero-order valence-electron chi connectivity index (χ0n) is 15.8. The van der Waals surface area contributed by atoms with Gasteiger partial charge in [0.05, 0.1) is 17.5 Å². The lowest BCUT2D eigenvalue weighted by Crippen LogP contribution is -2.32. The van der Waals surface area contributed by atoms with Crippen LogP contribution >= 0.6 is 11.6 Å². The highest BCUT2D eigenvalue weighted by molar-refractivity contribution is 6.30. The number of carboxylic acid groups (broad SMARTS) is 1. The highest BCUT2D eigenvalue weighted by Gasteiger charge is 2.67. The summed E-state index contributed by atoms with van der Waals surface area (Å²) in [4.78, 5) is 26.5. The first-order valence-electron chi connectivity index (χ1n) is 9.60. The molecule has 2 unspecified atom stereocenters. The zero-order chi connectivity index (χ0) is 21.0. The highest BCUT2D eigenvalue weighted by atomic mass is 35.5. The molecule has 1 fully saturated rings. The number of nitrogens with zero attached hydrogens (tertiary/aromatic N) is 1. The molecule has 0 saturated heterocycles. The van der Waals surface area contributed by atoms with Crippen molar-refractivity contribution in [2.24, 2.45) is 0 Å². The molecule has 4 nitrogen and oxygen atoms in total. The van der Waals surface area contributed by atoms with Gasteiger partial charge in [-0.05, 0) is 65.6 Å². The van der Waals surface area contributed by atoms with Crippen molar-refractivity contribution in [3.63, 3.8) is 0 Å². The van der Waals surface area contributed by atoms with Gasteiger partial charge in [0.15, 0.2) is 0 Å². The van der Waals surface area contributed by atoms with Crippen LogP contribution in [0.15, 0.2) is 66.7 Å². The number of carboxylic acids is 1. The average Bonchev–Trinajstić information content (AvgIpc) is 3.45. The summed E-state index contributed by atoms with van der Waals surface area (Å²) in [6.45, 7) is 0.230. The summed E-state index contributed by atoms with van der Waals surface area (Å²) in [5.41, 5.74) is 2.46. The first kappa shape index (κ1) is 18.8. The second-order valence-corrected chi connectivity index (χ2v) is 8.27. The topological polar surface area (TPSA) is 57.6 Å². The van der Waals surface area contributed by atoms with Gasteiger partial charge in [-0.2, -0.15) is 0 Å². The number of hydrogen-bond donors (Lipinski definition) is 1. The Morgan fingerprint density at radius 2 is 1.90 bits per heavy atom. The molecule has 1 heterocycles. The van der Waals surface area contributed by atoms with Crippen LogP contribution < -0.4 is 4.90 Å². The molecule has 1 aliphatic heterocycles. The van der Waals surface area contributed by atoms with Crippen molar-refractivity contribution < 1.29 is 19.1 Å². The summed E-state index contributed by atoms with van der Waals surface area (Å²) in [6.07, 6.45) is 0.607. The fourth-order valence-corrected chi connectivity index (χ4v) is 4.73. The Labute approximate surface area is 177 Å². The fourth-order valence-electron chi connectivity index (χ4n) is 4.60. The average molecular weight is 422 g/mol. The highest BCUT2D eigenvalue weighted by Crippen LogP contribution is 2.66. The number of benzene rings is 3. The summed E-state index contributed by atoms with van der Waals surface area (Å²) in [7, 11) is 0. The van der Waals surface area contributed by atoms with E-state index in [-0.39, 0.29) is 29.8 Å². The van der Waals surface area contributed by atoms with Gasteiger partial charge in [0.1, 0.15) is 5.82 Å². The van der Waals surface area contributed by atoms with Crippen molar-refractivity contribution in [2.45, 2.75) is 24.3 Å². The maximum absolute atomic E-state index is 14.1. The lowest BCUT2D eigenvalue weighted by Gasteiger charge is -2.19. The Balaban J connectivity index is 1.54. The van der Waals surface area contributed by atoms with Crippen molar-refractivity contribution in [3.05, 3.63) is 99.8 Å². The summed E-state index contributed by atoms with van der Waals surface area (Å²) >= 11 is 6.00. The van der Waals surface area contributed by atoms with Crippen LogP contribution in [-0.4, -0.2) is 17.0 Å². The van der Waals surface area contributed by atoms with Gasteiger partial charge in [0.25, 0.3) is 0 Å². The van der Waals surface area contributed by atoms with E-state index in [0.717, 1.165) is 5.56 Å². The van der Waals surface area contributed by atoms with Crippen LogP contribution in [0.3, 0.4) is 0 Å². The minimum Gasteiger partial charge on any atom is -0.478 e. The molecule has 150 valence electrons. The van der Waals surface area contributed by atoms with Crippen LogP contribution in [0.1, 0.15) is 39.4 Å². The van der Waals surface area contributed by atoms with E-state index in [1.807, 2.05) is 12.1 Å². The lowest BCUT2D eigenvalue weighted by atomic mass is 9.92. The molecule has 6 heteroatoms.